The lowest BCUT2D eigenvalue weighted by molar-refractivity contribution is -0.114. The molecule has 1 aliphatic rings. The van der Waals surface area contributed by atoms with Crippen molar-refractivity contribution in [1.82, 2.24) is 5.32 Å². The Kier molecular flexibility index (Phi) is 5.10. The van der Waals surface area contributed by atoms with E-state index in [1.165, 1.54) is 6.92 Å². The van der Waals surface area contributed by atoms with Crippen LogP contribution in [0.5, 0.6) is 0 Å². The van der Waals surface area contributed by atoms with Crippen LogP contribution in [0.25, 0.3) is 0 Å². The third kappa shape index (κ3) is 4.44. The molecule has 1 saturated heterocycles. The minimum atomic E-state index is -0.618. The van der Waals surface area contributed by atoms with Crippen LogP contribution in [0.4, 0.5) is 5.69 Å². The molecule has 1 aliphatic heterocycles. The fourth-order valence-corrected chi connectivity index (χ4v) is 3.54. The first-order chi connectivity index (χ1) is 9.15. The fraction of sp³-hybridized carbons (Fsp3) is 0.500. The molecule has 1 aromatic rings. The highest BCUT2D eigenvalue weighted by Gasteiger charge is 2.17. The number of carbonyl (C=O) groups is 1. The van der Waals surface area contributed by atoms with E-state index in [1.807, 2.05) is 24.3 Å². The minimum Gasteiger partial charge on any atom is -0.326 e. The van der Waals surface area contributed by atoms with Crippen LogP contribution in [0.2, 0.25) is 0 Å². The van der Waals surface area contributed by atoms with Gasteiger partial charge in [-0.05, 0) is 24.5 Å². The zero-order valence-electron chi connectivity index (χ0n) is 11.1. The second-order valence-electron chi connectivity index (χ2n) is 4.84. The number of para-hydroxylation sites is 1. The van der Waals surface area contributed by atoms with Crippen LogP contribution in [0.1, 0.15) is 25.3 Å². The summed E-state index contributed by atoms with van der Waals surface area (Å²) in [5, 5.41) is 6.33. The Morgan fingerprint density at radius 2 is 2.00 bits per heavy atom. The van der Waals surface area contributed by atoms with E-state index in [9.17, 15) is 9.00 Å². The number of amides is 1. The van der Waals surface area contributed by atoms with E-state index in [-0.39, 0.29) is 5.91 Å². The predicted molar refractivity (Wildman–Crippen MR) is 78.5 cm³/mol. The molecule has 1 aromatic carbocycles. The van der Waals surface area contributed by atoms with Crippen LogP contribution in [0.15, 0.2) is 24.3 Å². The predicted octanol–water partition coefficient (Wildman–Crippen LogP) is 1.65. The van der Waals surface area contributed by atoms with E-state index in [1.54, 1.807) is 0 Å². The molecule has 0 aliphatic carbocycles. The molecule has 0 saturated carbocycles. The van der Waals surface area contributed by atoms with Gasteiger partial charge in [-0.15, -0.1) is 0 Å². The average Bonchev–Trinajstić information content (AvgIpc) is 2.39. The lowest BCUT2D eigenvalue weighted by atomic mass is 10.1. The van der Waals surface area contributed by atoms with Gasteiger partial charge in [0, 0.05) is 47.5 Å². The SMILES string of the molecule is CC(=O)Nc1ccccc1CNC1CCS(=O)CC1. The molecule has 0 unspecified atom stereocenters. The lowest BCUT2D eigenvalue weighted by Gasteiger charge is -2.23. The number of rotatable bonds is 4. The third-order valence-electron chi connectivity index (χ3n) is 3.30. The van der Waals surface area contributed by atoms with Crippen molar-refractivity contribution in [3.05, 3.63) is 29.8 Å². The zero-order valence-corrected chi connectivity index (χ0v) is 12.0. The van der Waals surface area contributed by atoms with E-state index in [0.717, 1.165) is 42.1 Å². The summed E-state index contributed by atoms with van der Waals surface area (Å²) in [6.45, 7) is 2.24. The molecule has 19 heavy (non-hydrogen) atoms. The van der Waals surface area contributed by atoms with Crippen LogP contribution >= 0.6 is 0 Å². The Balaban J connectivity index is 1.91. The highest BCUT2D eigenvalue weighted by molar-refractivity contribution is 7.85. The van der Waals surface area contributed by atoms with E-state index < -0.39 is 10.8 Å². The molecule has 0 atom stereocenters. The Morgan fingerprint density at radius 1 is 1.32 bits per heavy atom. The van der Waals surface area contributed by atoms with Gasteiger partial charge < -0.3 is 10.6 Å². The maximum absolute atomic E-state index is 11.3. The number of hydrogen-bond donors (Lipinski definition) is 2. The van der Waals surface area contributed by atoms with Crippen molar-refractivity contribution in [3.8, 4) is 0 Å². The van der Waals surface area contributed by atoms with Crippen molar-refractivity contribution in [1.29, 1.82) is 0 Å². The van der Waals surface area contributed by atoms with Gasteiger partial charge in [0.15, 0.2) is 0 Å². The van der Waals surface area contributed by atoms with Crippen LogP contribution in [0, 0.1) is 0 Å². The minimum absolute atomic E-state index is 0.0551. The van der Waals surface area contributed by atoms with Gasteiger partial charge in [0.25, 0.3) is 0 Å². The molecule has 0 spiro atoms. The van der Waals surface area contributed by atoms with E-state index in [4.69, 9.17) is 0 Å². The van der Waals surface area contributed by atoms with Crippen LogP contribution in [-0.4, -0.2) is 27.7 Å². The number of hydrogen-bond acceptors (Lipinski definition) is 3. The monoisotopic (exact) mass is 280 g/mol. The summed E-state index contributed by atoms with van der Waals surface area (Å²) in [5.74, 6) is 1.54. The van der Waals surface area contributed by atoms with Crippen molar-refractivity contribution >= 4 is 22.4 Å². The molecule has 2 N–H and O–H groups in total. The topological polar surface area (TPSA) is 58.2 Å². The van der Waals surface area contributed by atoms with Crippen molar-refractivity contribution in [2.75, 3.05) is 16.8 Å². The molecular formula is C14H20N2O2S. The molecule has 4 nitrogen and oxygen atoms in total. The Morgan fingerprint density at radius 3 is 2.68 bits per heavy atom. The quantitative estimate of drug-likeness (QED) is 0.881. The third-order valence-corrected chi connectivity index (χ3v) is 4.68. The van der Waals surface area contributed by atoms with Gasteiger partial charge in [-0.3, -0.25) is 9.00 Å². The van der Waals surface area contributed by atoms with E-state index in [0.29, 0.717) is 6.04 Å². The first-order valence-electron chi connectivity index (χ1n) is 6.59. The van der Waals surface area contributed by atoms with Gasteiger partial charge in [0.05, 0.1) is 0 Å². The molecule has 2 rings (SSSR count). The normalized spacial score (nSPS) is 23.0. The van der Waals surface area contributed by atoms with Crippen LogP contribution in [-0.2, 0) is 22.1 Å². The smallest absolute Gasteiger partial charge is 0.221 e. The van der Waals surface area contributed by atoms with Crippen molar-refractivity contribution < 1.29 is 9.00 Å². The second kappa shape index (κ2) is 6.82. The maximum Gasteiger partial charge on any atom is 0.221 e. The average molecular weight is 280 g/mol. The van der Waals surface area contributed by atoms with Gasteiger partial charge in [0.2, 0.25) is 5.91 Å². The standard InChI is InChI=1S/C14H20N2O2S/c1-11(17)16-14-5-3-2-4-12(14)10-15-13-6-8-19(18)9-7-13/h2-5,13,15H,6-10H2,1H3,(H,16,17). The largest absolute Gasteiger partial charge is 0.326 e. The summed E-state index contributed by atoms with van der Waals surface area (Å²) in [6, 6.07) is 8.24. The number of nitrogens with one attached hydrogen (secondary N) is 2. The number of anilines is 1. The van der Waals surface area contributed by atoms with Gasteiger partial charge in [-0.1, -0.05) is 18.2 Å². The van der Waals surface area contributed by atoms with E-state index in [2.05, 4.69) is 10.6 Å². The maximum atomic E-state index is 11.3. The Labute approximate surface area is 116 Å². The highest BCUT2D eigenvalue weighted by Crippen LogP contribution is 2.16. The van der Waals surface area contributed by atoms with Gasteiger partial charge >= 0.3 is 0 Å². The van der Waals surface area contributed by atoms with Crippen molar-refractivity contribution in [2.24, 2.45) is 0 Å². The van der Waals surface area contributed by atoms with Gasteiger partial charge in [-0.25, -0.2) is 0 Å². The molecule has 1 heterocycles. The lowest BCUT2D eigenvalue weighted by Crippen LogP contribution is -2.35. The van der Waals surface area contributed by atoms with Crippen molar-refractivity contribution in [2.45, 2.75) is 32.4 Å². The van der Waals surface area contributed by atoms with Gasteiger partial charge in [0.1, 0.15) is 0 Å². The molecule has 0 bridgehead atoms. The number of benzene rings is 1. The van der Waals surface area contributed by atoms with Crippen LogP contribution < -0.4 is 10.6 Å². The molecule has 104 valence electrons. The first-order valence-corrected chi connectivity index (χ1v) is 8.08. The molecular weight excluding hydrogens is 260 g/mol. The fourth-order valence-electron chi connectivity index (χ4n) is 2.24. The summed E-state index contributed by atoms with van der Waals surface area (Å²) < 4.78 is 11.3. The van der Waals surface area contributed by atoms with Crippen molar-refractivity contribution in [3.63, 3.8) is 0 Å². The summed E-state index contributed by atoms with van der Waals surface area (Å²) in [4.78, 5) is 11.1. The summed E-state index contributed by atoms with van der Waals surface area (Å²) in [6.07, 6.45) is 1.93. The highest BCUT2D eigenvalue weighted by atomic mass is 32.2. The van der Waals surface area contributed by atoms with E-state index >= 15 is 0 Å². The molecule has 0 aromatic heterocycles. The molecule has 1 amide bonds. The second-order valence-corrected chi connectivity index (χ2v) is 6.54. The molecule has 5 heteroatoms. The van der Waals surface area contributed by atoms with Gasteiger partial charge in [-0.2, -0.15) is 0 Å². The summed E-state index contributed by atoms with van der Waals surface area (Å²) in [5.41, 5.74) is 1.95. The molecule has 0 radical (unpaired) electrons. The zero-order chi connectivity index (χ0) is 13.7. The summed E-state index contributed by atoms with van der Waals surface area (Å²) >= 11 is 0. The number of carbonyl (C=O) groups excluding carboxylic acids is 1. The Bertz CT molecular complexity index is 466. The van der Waals surface area contributed by atoms with Crippen LogP contribution in [0.3, 0.4) is 0 Å². The Hall–Kier alpha value is -1.20. The summed E-state index contributed by atoms with van der Waals surface area (Å²) in [7, 11) is -0.618. The molecule has 1 fully saturated rings. The first kappa shape index (κ1) is 14.2.